The Hall–Kier alpha value is -2.78. The zero-order valence-electron chi connectivity index (χ0n) is 13.7. The Labute approximate surface area is 162 Å². The van der Waals surface area contributed by atoms with Gasteiger partial charge in [0.05, 0.1) is 10.8 Å². The molecule has 0 saturated carbocycles. The highest BCUT2D eigenvalue weighted by molar-refractivity contribution is 7.99. The SMILES string of the molecule is O=C(COc1ccc(F)cc1Cl)NNC(=O)CSc1nc2ccccc2o1. The fourth-order valence-electron chi connectivity index (χ4n) is 1.99. The van der Waals surface area contributed by atoms with Gasteiger partial charge in [0.25, 0.3) is 11.1 Å². The van der Waals surface area contributed by atoms with Crippen LogP contribution in [0.3, 0.4) is 0 Å². The third kappa shape index (κ3) is 5.35. The Balaban J connectivity index is 1.39. The van der Waals surface area contributed by atoms with Crippen LogP contribution in [0, 0.1) is 5.82 Å². The highest BCUT2D eigenvalue weighted by Gasteiger charge is 2.11. The van der Waals surface area contributed by atoms with Crippen molar-refractivity contribution in [2.24, 2.45) is 0 Å². The highest BCUT2D eigenvalue weighted by Crippen LogP contribution is 2.25. The van der Waals surface area contributed by atoms with Crippen molar-refractivity contribution in [1.29, 1.82) is 0 Å². The molecule has 1 heterocycles. The Kier molecular flexibility index (Phi) is 6.15. The molecule has 0 aliphatic carbocycles. The number of thioether (sulfide) groups is 1. The number of oxazole rings is 1. The van der Waals surface area contributed by atoms with Gasteiger partial charge in [-0.3, -0.25) is 20.4 Å². The lowest BCUT2D eigenvalue weighted by Crippen LogP contribution is -2.44. The number of ether oxygens (including phenoxy) is 1. The summed E-state index contributed by atoms with van der Waals surface area (Å²) in [5.74, 6) is -1.41. The van der Waals surface area contributed by atoms with Gasteiger partial charge in [-0.1, -0.05) is 35.5 Å². The Bertz CT molecular complexity index is 949. The number of hydrogen-bond acceptors (Lipinski definition) is 6. The Morgan fingerprint density at radius 1 is 1.19 bits per heavy atom. The number of halogens is 2. The van der Waals surface area contributed by atoms with Crippen molar-refractivity contribution in [3.8, 4) is 5.75 Å². The predicted molar refractivity (Wildman–Crippen MR) is 97.9 cm³/mol. The summed E-state index contributed by atoms with van der Waals surface area (Å²) in [6.45, 7) is -0.399. The van der Waals surface area contributed by atoms with Crippen molar-refractivity contribution in [3.63, 3.8) is 0 Å². The minimum atomic E-state index is -0.601. The Morgan fingerprint density at radius 3 is 2.74 bits per heavy atom. The van der Waals surface area contributed by atoms with E-state index in [1.807, 2.05) is 12.1 Å². The smallest absolute Gasteiger partial charge is 0.276 e. The molecule has 0 spiro atoms. The third-order valence-electron chi connectivity index (χ3n) is 3.20. The summed E-state index contributed by atoms with van der Waals surface area (Å²) in [5, 5.41) is 0.397. The lowest BCUT2D eigenvalue weighted by Gasteiger charge is -2.09. The summed E-state index contributed by atoms with van der Waals surface area (Å²) in [7, 11) is 0. The maximum absolute atomic E-state index is 12.9. The number of amides is 2. The van der Waals surface area contributed by atoms with Crippen molar-refractivity contribution in [2.45, 2.75) is 5.22 Å². The van der Waals surface area contributed by atoms with Crippen LogP contribution in [0.2, 0.25) is 5.02 Å². The van der Waals surface area contributed by atoms with Crippen molar-refractivity contribution in [2.75, 3.05) is 12.4 Å². The number of fused-ring (bicyclic) bond motifs is 1. The fraction of sp³-hybridized carbons (Fsp3) is 0.118. The van der Waals surface area contributed by atoms with Gasteiger partial charge in [-0.05, 0) is 30.3 Å². The molecule has 0 aliphatic rings. The standard InChI is InChI=1S/C17H13ClFN3O4S/c18-11-7-10(19)5-6-13(11)25-8-15(23)21-22-16(24)9-27-17-20-12-3-1-2-4-14(12)26-17/h1-7H,8-9H2,(H,21,23)(H,22,24). The van der Waals surface area contributed by atoms with E-state index in [-0.39, 0.29) is 16.5 Å². The number of nitrogens with zero attached hydrogens (tertiary/aromatic N) is 1. The van der Waals surface area contributed by atoms with Crippen molar-refractivity contribution in [3.05, 3.63) is 53.3 Å². The summed E-state index contributed by atoms with van der Waals surface area (Å²) in [5.41, 5.74) is 5.78. The van der Waals surface area contributed by atoms with E-state index in [1.165, 1.54) is 6.07 Å². The largest absolute Gasteiger partial charge is 0.482 e. The predicted octanol–water partition coefficient (Wildman–Crippen LogP) is 2.94. The van der Waals surface area contributed by atoms with Gasteiger partial charge in [-0.2, -0.15) is 0 Å². The first-order valence-corrected chi connectivity index (χ1v) is 9.01. The number of rotatable bonds is 6. The molecule has 0 aliphatic heterocycles. The topological polar surface area (TPSA) is 93.5 Å². The summed E-state index contributed by atoms with van der Waals surface area (Å²) in [6, 6.07) is 10.8. The molecule has 27 heavy (non-hydrogen) atoms. The second-order valence-corrected chi connectivity index (χ2v) is 6.53. The van der Waals surface area contributed by atoms with Gasteiger partial charge in [0, 0.05) is 0 Å². The van der Waals surface area contributed by atoms with Crippen LogP contribution in [0.25, 0.3) is 11.1 Å². The van der Waals surface area contributed by atoms with Crippen LogP contribution < -0.4 is 15.6 Å². The van der Waals surface area contributed by atoms with Crippen molar-refractivity contribution in [1.82, 2.24) is 15.8 Å². The molecule has 0 unspecified atom stereocenters. The third-order valence-corrected chi connectivity index (χ3v) is 4.32. The number of carbonyl (C=O) groups is 2. The molecule has 0 radical (unpaired) electrons. The first-order valence-electron chi connectivity index (χ1n) is 7.65. The number of para-hydroxylation sites is 2. The second kappa shape index (κ2) is 8.74. The quantitative estimate of drug-likeness (QED) is 0.480. The minimum Gasteiger partial charge on any atom is -0.482 e. The number of carbonyl (C=O) groups excluding carboxylic acids is 2. The molecule has 140 valence electrons. The molecule has 2 amide bonds. The van der Waals surface area contributed by atoms with E-state index in [4.69, 9.17) is 20.8 Å². The van der Waals surface area contributed by atoms with E-state index in [1.54, 1.807) is 12.1 Å². The van der Waals surface area contributed by atoms with Gasteiger partial charge in [0.15, 0.2) is 12.2 Å². The molecular weight excluding hydrogens is 397 g/mol. The van der Waals surface area contributed by atoms with Gasteiger partial charge >= 0.3 is 0 Å². The monoisotopic (exact) mass is 409 g/mol. The normalized spacial score (nSPS) is 10.6. The van der Waals surface area contributed by atoms with Crippen LogP contribution in [0.5, 0.6) is 5.75 Å². The van der Waals surface area contributed by atoms with Gasteiger partial charge in [0.1, 0.15) is 17.1 Å². The molecule has 0 bridgehead atoms. The number of hydrogen-bond donors (Lipinski definition) is 2. The lowest BCUT2D eigenvalue weighted by molar-refractivity contribution is -0.128. The average molecular weight is 410 g/mol. The molecule has 3 rings (SSSR count). The minimum absolute atomic E-state index is 0.00223. The highest BCUT2D eigenvalue weighted by atomic mass is 35.5. The van der Waals surface area contributed by atoms with E-state index in [9.17, 15) is 14.0 Å². The zero-order chi connectivity index (χ0) is 19.2. The van der Waals surface area contributed by atoms with Gasteiger partial charge in [-0.15, -0.1) is 0 Å². The molecule has 0 fully saturated rings. The van der Waals surface area contributed by atoms with E-state index < -0.39 is 24.2 Å². The molecule has 1 aromatic heterocycles. The first kappa shape index (κ1) is 19.0. The Morgan fingerprint density at radius 2 is 1.96 bits per heavy atom. The van der Waals surface area contributed by atoms with Crippen LogP contribution in [0.15, 0.2) is 52.1 Å². The second-order valence-electron chi connectivity index (χ2n) is 5.20. The molecule has 2 aromatic carbocycles. The molecule has 10 heteroatoms. The van der Waals surface area contributed by atoms with Crippen molar-refractivity contribution < 1.29 is 23.1 Å². The van der Waals surface area contributed by atoms with Gasteiger partial charge in [0.2, 0.25) is 5.91 Å². The fourth-order valence-corrected chi connectivity index (χ4v) is 2.85. The number of benzene rings is 2. The zero-order valence-corrected chi connectivity index (χ0v) is 15.3. The average Bonchev–Trinajstić information content (AvgIpc) is 3.07. The van der Waals surface area contributed by atoms with Crippen LogP contribution in [-0.4, -0.2) is 29.2 Å². The van der Waals surface area contributed by atoms with E-state index in [2.05, 4.69) is 15.8 Å². The number of hydrazine groups is 1. The first-order chi connectivity index (χ1) is 13.0. The molecule has 2 N–H and O–H groups in total. The number of aromatic nitrogens is 1. The molecule has 0 atom stereocenters. The van der Waals surface area contributed by atoms with Gasteiger partial charge < -0.3 is 9.15 Å². The summed E-state index contributed by atoms with van der Waals surface area (Å²) in [6.07, 6.45) is 0. The van der Waals surface area contributed by atoms with E-state index in [0.717, 1.165) is 23.9 Å². The maximum Gasteiger partial charge on any atom is 0.276 e. The summed E-state index contributed by atoms with van der Waals surface area (Å²) < 4.78 is 23.6. The van der Waals surface area contributed by atoms with Gasteiger partial charge in [-0.25, -0.2) is 9.37 Å². The van der Waals surface area contributed by atoms with E-state index >= 15 is 0 Å². The van der Waals surface area contributed by atoms with E-state index in [0.29, 0.717) is 16.3 Å². The maximum atomic E-state index is 12.9. The summed E-state index contributed by atoms with van der Waals surface area (Å²) >= 11 is 6.88. The van der Waals surface area contributed by atoms with Crippen LogP contribution in [-0.2, 0) is 9.59 Å². The van der Waals surface area contributed by atoms with Crippen molar-refractivity contribution >= 4 is 46.3 Å². The summed E-state index contributed by atoms with van der Waals surface area (Å²) in [4.78, 5) is 27.7. The molecule has 7 nitrogen and oxygen atoms in total. The van der Waals surface area contributed by atoms with Crippen LogP contribution >= 0.6 is 23.4 Å². The number of nitrogens with one attached hydrogen (secondary N) is 2. The van der Waals surface area contributed by atoms with Crippen LogP contribution in [0.4, 0.5) is 4.39 Å². The van der Waals surface area contributed by atoms with Crippen LogP contribution in [0.1, 0.15) is 0 Å². The molecular formula is C17H13ClFN3O4S. The molecule has 3 aromatic rings. The molecule has 0 saturated heterocycles. The lowest BCUT2D eigenvalue weighted by atomic mass is 10.3.